The Morgan fingerprint density at radius 3 is 3.17 bits per heavy atom. The first-order valence-electron chi connectivity index (χ1n) is 7.09. The zero-order valence-electron chi connectivity index (χ0n) is 11.6. The van der Waals surface area contributed by atoms with Gasteiger partial charge in [-0.1, -0.05) is 13.8 Å². The van der Waals surface area contributed by atoms with Crippen molar-refractivity contribution in [2.24, 2.45) is 0 Å². The standard InChI is InChI=1S/C14H25N3O/c1-12(2)15-9-13-10-17(11-16-13)7-3-5-14-6-4-8-18-14/h10-12,14-15H,3-9H2,1-2H3. The monoisotopic (exact) mass is 251 g/mol. The first-order valence-corrected chi connectivity index (χ1v) is 7.09. The van der Waals surface area contributed by atoms with Gasteiger partial charge in [0.15, 0.2) is 0 Å². The maximum Gasteiger partial charge on any atom is 0.0949 e. The van der Waals surface area contributed by atoms with Crippen molar-refractivity contribution in [2.45, 2.75) is 64.8 Å². The number of ether oxygens (including phenoxy) is 1. The van der Waals surface area contributed by atoms with E-state index in [0.717, 1.165) is 25.4 Å². The summed E-state index contributed by atoms with van der Waals surface area (Å²) in [6, 6.07) is 0.509. The molecule has 102 valence electrons. The first-order chi connectivity index (χ1) is 8.74. The molecule has 0 spiro atoms. The lowest BCUT2D eigenvalue weighted by Crippen LogP contribution is -2.21. The van der Waals surface area contributed by atoms with E-state index in [1.165, 1.54) is 25.7 Å². The molecule has 1 aliphatic heterocycles. The maximum absolute atomic E-state index is 5.63. The highest BCUT2D eigenvalue weighted by Crippen LogP contribution is 2.17. The molecule has 0 amide bonds. The highest BCUT2D eigenvalue weighted by Gasteiger charge is 2.14. The van der Waals surface area contributed by atoms with E-state index in [-0.39, 0.29) is 0 Å². The second-order valence-corrected chi connectivity index (χ2v) is 5.42. The maximum atomic E-state index is 5.63. The third-order valence-electron chi connectivity index (χ3n) is 3.34. The molecule has 18 heavy (non-hydrogen) atoms. The SMILES string of the molecule is CC(C)NCc1cn(CCCC2CCCO2)cn1. The minimum atomic E-state index is 0.509. The molecule has 1 atom stereocenters. The van der Waals surface area contributed by atoms with Crippen LogP contribution in [0.15, 0.2) is 12.5 Å². The van der Waals surface area contributed by atoms with Crippen LogP contribution >= 0.6 is 0 Å². The number of aryl methyl sites for hydroxylation is 1. The minimum absolute atomic E-state index is 0.509. The number of imidazole rings is 1. The number of rotatable bonds is 7. The van der Waals surface area contributed by atoms with Gasteiger partial charge in [-0.2, -0.15) is 0 Å². The highest BCUT2D eigenvalue weighted by molar-refractivity contribution is 4.96. The third-order valence-corrected chi connectivity index (χ3v) is 3.34. The molecule has 1 unspecified atom stereocenters. The fourth-order valence-corrected chi connectivity index (χ4v) is 2.30. The van der Waals surface area contributed by atoms with E-state index < -0.39 is 0 Å². The number of hydrogen-bond donors (Lipinski definition) is 1. The van der Waals surface area contributed by atoms with Crippen LogP contribution in [0.2, 0.25) is 0 Å². The van der Waals surface area contributed by atoms with Gasteiger partial charge < -0.3 is 14.6 Å². The Labute approximate surface area is 110 Å². The smallest absolute Gasteiger partial charge is 0.0949 e. The molecule has 0 bridgehead atoms. The van der Waals surface area contributed by atoms with Crippen LogP contribution in [0.25, 0.3) is 0 Å². The summed E-state index contributed by atoms with van der Waals surface area (Å²) in [4.78, 5) is 4.41. The van der Waals surface area contributed by atoms with Gasteiger partial charge in [-0.25, -0.2) is 4.98 Å². The van der Waals surface area contributed by atoms with Gasteiger partial charge in [0.05, 0.1) is 18.1 Å². The van der Waals surface area contributed by atoms with Crippen LogP contribution in [0, 0.1) is 0 Å². The predicted molar refractivity (Wildman–Crippen MR) is 72.4 cm³/mol. The zero-order chi connectivity index (χ0) is 12.8. The average Bonchev–Trinajstić information content (AvgIpc) is 2.97. The van der Waals surface area contributed by atoms with Crippen molar-refractivity contribution in [1.29, 1.82) is 0 Å². The molecule has 0 aromatic carbocycles. The predicted octanol–water partition coefficient (Wildman–Crippen LogP) is 2.34. The van der Waals surface area contributed by atoms with E-state index in [2.05, 4.69) is 34.9 Å². The Hall–Kier alpha value is -0.870. The Kier molecular flexibility index (Phi) is 5.20. The van der Waals surface area contributed by atoms with Gasteiger partial charge in [0.1, 0.15) is 0 Å². The summed E-state index contributed by atoms with van der Waals surface area (Å²) in [6.45, 7) is 7.17. The van der Waals surface area contributed by atoms with E-state index in [1.807, 2.05) is 6.33 Å². The molecule has 2 rings (SSSR count). The molecule has 1 N–H and O–H groups in total. The minimum Gasteiger partial charge on any atom is -0.378 e. The van der Waals surface area contributed by atoms with Gasteiger partial charge in [0, 0.05) is 31.9 Å². The average molecular weight is 251 g/mol. The highest BCUT2D eigenvalue weighted by atomic mass is 16.5. The summed E-state index contributed by atoms with van der Waals surface area (Å²) >= 11 is 0. The summed E-state index contributed by atoms with van der Waals surface area (Å²) < 4.78 is 7.81. The molecule has 0 radical (unpaired) electrons. The normalized spacial score (nSPS) is 19.8. The van der Waals surface area contributed by atoms with Crippen LogP contribution in [0.1, 0.15) is 45.2 Å². The van der Waals surface area contributed by atoms with Crippen molar-refractivity contribution in [2.75, 3.05) is 6.61 Å². The summed E-state index contributed by atoms with van der Waals surface area (Å²) in [5.41, 5.74) is 1.13. The molecular weight excluding hydrogens is 226 g/mol. The third kappa shape index (κ3) is 4.42. The van der Waals surface area contributed by atoms with E-state index in [1.54, 1.807) is 0 Å². The van der Waals surface area contributed by atoms with E-state index in [9.17, 15) is 0 Å². The van der Waals surface area contributed by atoms with Crippen molar-refractivity contribution in [3.63, 3.8) is 0 Å². The van der Waals surface area contributed by atoms with Crippen molar-refractivity contribution in [3.8, 4) is 0 Å². The fraction of sp³-hybridized carbons (Fsp3) is 0.786. The second kappa shape index (κ2) is 6.90. The lowest BCUT2D eigenvalue weighted by atomic mass is 10.1. The molecule has 1 saturated heterocycles. The van der Waals surface area contributed by atoms with Crippen molar-refractivity contribution in [1.82, 2.24) is 14.9 Å². The number of nitrogens with zero attached hydrogens (tertiary/aromatic N) is 2. The Morgan fingerprint density at radius 1 is 1.56 bits per heavy atom. The van der Waals surface area contributed by atoms with Crippen LogP contribution < -0.4 is 5.32 Å². The van der Waals surface area contributed by atoms with Gasteiger partial charge in [-0.3, -0.25) is 0 Å². The Bertz CT molecular complexity index is 343. The molecule has 0 saturated carbocycles. The van der Waals surface area contributed by atoms with Gasteiger partial charge in [0.25, 0.3) is 0 Å². The van der Waals surface area contributed by atoms with Gasteiger partial charge in [-0.15, -0.1) is 0 Å². The summed E-state index contributed by atoms with van der Waals surface area (Å²) in [6.07, 6.45) is 9.43. The molecule has 1 aromatic heterocycles. The molecule has 0 aliphatic carbocycles. The molecule has 2 heterocycles. The second-order valence-electron chi connectivity index (χ2n) is 5.42. The lowest BCUT2D eigenvalue weighted by Gasteiger charge is -2.08. The lowest BCUT2D eigenvalue weighted by molar-refractivity contribution is 0.101. The molecule has 4 nitrogen and oxygen atoms in total. The van der Waals surface area contributed by atoms with E-state index >= 15 is 0 Å². The largest absolute Gasteiger partial charge is 0.378 e. The molecule has 1 aromatic rings. The van der Waals surface area contributed by atoms with Gasteiger partial charge >= 0.3 is 0 Å². The number of hydrogen-bond acceptors (Lipinski definition) is 3. The van der Waals surface area contributed by atoms with E-state index in [4.69, 9.17) is 4.74 Å². The van der Waals surface area contributed by atoms with Gasteiger partial charge in [-0.05, 0) is 25.7 Å². The van der Waals surface area contributed by atoms with Crippen molar-refractivity contribution >= 4 is 0 Å². The Balaban J connectivity index is 1.66. The molecule has 4 heteroatoms. The quantitative estimate of drug-likeness (QED) is 0.808. The van der Waals surface area contributed by atoms with Crippen molar-refractivity contribution < 1.29 is 4.74 Å². The van der Waals surface area contributed by atoms with Crippen LogP contribution in [0.5, 0.6) is 0 Å². The molecular formula is C14H25N3O. The van der Waals surface area contributed by atoms with Crippen LogP contribution in [0.3, 0.4) is 0 Å². The van der Waals surface area contributed by atoms with Crippen molar-refractivity contribution in [3.05, 3.63) is 18.2 Å². The number of aromatic nitrogens is 2. The fourth-order valence-electron chi connectivity index (χ4n) is 2.30. The van der Waals surface area contributed by atoms with E-state index in [0.29, 0.717) is 12.1 Å². The first kappa shape index (κ1) is 13.6. The van der Waals surface area contributed by atoms with Crippen LogP contribution in [-0.2, 0) is 17.8 Å². The summed E-state index contributed by atoms with van der Waals surface area (Å²) in [5.74, 6) is 0. The summed E-state index contributed by atoms with van der Waals surface area (Å²) in [5, 5.41) is 3.38. The Morgan fingerprint density at radius 2 is 2.44 bits per heavy atom. The van der Waals surface area contributed by atoms with Crippen LogP contribution in [-0.4, -0.2) is 28.3 Å². The molecule has 1 fully saturated rings. The van der Waals surface area contributed by atoms with Gasteiger partial charge in [0.2, 0.25) is 0 Å². The summed E-state index contributed by atoms with van der Waals surface area (Å²) in [7, 11) is 0. The van der Waals surface area contributed by atoms with Crippen LogP contribution in [0.4, 0.5) is 0 Å². The molecule has 1 aliphatic rings. The topological polar surface area (TPSA) is 39.1 Å². The zero-order valence-corrected chi connectivity index (χ0v) is 11.6. The number of nitrogens with one attached hydrogen (secondary N) is 1.